The molecule has 0 aromatic heterocycles. The zero-order valence-corrected chi connectivity index (χ0v) is 52.7. The van der Waals surface area contributed by atoms with Crippen molar-refractivity contribution in [2.75, 3.05) is 39.6 Å². The van der Waals surface area contributed by atoms with Gasteiger partial charge in [0.15, 0.2) is 6.10 Å². The summed E-state index contributed by atoms with van der Waals surface area (Å²) >= 11 is 0. The van der Waals surface area contributed by atoms with Gasteiger partial charge in [0.1, 0.15) is 25.4 Å². The van der Waals surface area contributed by atoms with E-state index in [0.29, 0.717) is 19.3 Å². The molecule has 5 atom stereocenters. The van der Waals surface area contributed by atoms with Crippen molar-refractivity contribution in [1.29, 1.82) is 0 Å². The fourth-order valence-electron chi connectivity index (χ4n) is 8.53. The third kappa shape index (κ3) is 59.1. The van der Waals surface area contributed by atoms with Gasteiger partial charge in [0, 0.05) is 19.3 Å². The highest BCUT2D eigenvalue weighted by molar-refractivity contribution is 7.47. The summed E-state index contributed by atoms with van der Waals surface area (Å²) in [7, 11) is -9.76. The van der Waals surface area contributed by atoms with Crippen LogP contribution < -0.4 is 0 Å². The highest BCUT2D eigenvalue weighted by Crippen LogP contribution is 2.45. The summed E-state index contributed by atoms with van der Waals surface area (Å²) in [6.45, 7) is 2.61. The van der Waals surface area contributed by atoms with Crippen LogP contribution in [0.4, 0.5) is 0 Å². The van der Waals surface area contributed by atoms with Gasteiger partial charge in [-0.2, -0.15) is 0 Å². The van der Waals surface area contributed by atoms with Crippen LogP contribution in [0.2, 0.25) is 0 Å². The second-order valence-corrected chi connectivity index (χ2v) is 24.5. The van der Waals surface area contributed by atoms with Gasteiger partial charge in [-0.15, -0.1) is 0 Å². The van der Waals surface area contributed by atoms with Crippen LogP contribution in [0.3, 0.4) is 0 Å². The molecule has 0 radical (unpaired) electrons. The maximum atomic E-state index is 12.9. The van der Waals surface area contributed by atoms with Gasteiger partial charge in [0.2, 0.25) is 0 Å². The van der Waals surface area contributed by atoms with Crippen LogP contribution in [0.25, 0.3) is 0 Å². The predicted octanol–water partition coefficient (Wildman–Crippen LogP) is 16.9. The molecule has 0 saturated carbocycles. The second-order valence-electron chi connectivity index (χ2n) is 21.6. The first-order valence-electron chi connectivity index (χ1n) is 31.9. The van der Waals surface area contributed by atoms with Crippen LogP contribution in [0.15, 0.2) is 48.6 Å². The lowest BCUT2D eigenvalue weighted by Gasteiger charge is -2.21. The van der Waals surface area contributed by atoms with Crippen LogP contribution in [0, 0.1) is 0 Å². The van der Waals surface area contributed by atoms with E-state index in [-0.39, 0.29) is 19.3 Å². The summed E-state index contributed by atoms with van der Waals surface area (Å²) in [6.07, 6.45) is 54.5. The smallest absolute Gasteiger partial charge is 0.463 e. The molecule has 0 saturated heterocycles. The number of ether oxygens (including phenoxy) is 3. The third-order valence-electron chi connectivity index (χ3n) is 13.5. The normalized spacial score (nSPS) is 14.7. The molecule has 0 spiro atoms. The average molecular weight is 1190 g/mol. The van der Waals surface area contributed by atoms with Crippen molar-refractivity contribution < 1.29 is 75.8 Å². The Labute approximate surface area is 491 Å². The van der Waals surface area contributed by atoms with Crippen LogP contribution in [-0.4, -0.2) is 95.9 Å². The Kier molecular flexibility index (Phi) is 56.1. The Morgan fingerprint density at radius 1 is 0.346 bits per heavy atom. The quantitative estimate of drug-likeness (QED) is 0.0146. The van der Waals surface area contributed by atoms with Gasteiger partial charge < -0.3 is 34.2 Å². The molecule has 0 aliphatic carbocycles. The average Bonchev–Trinajstić information content (AvgIpc) is 3.45. The number of carbonyl (C=O) groups excluding carboxylic acids is 3. The zero-order valence-electron chi connectivity index (χ0n) is 51.0. The Hall–Kier alpha value is -2.49. The van der Waals surface area contributed by atoms with Crippen molar-refractivity contribution in [3.8, 4) is 0 Å². The van der Waals surface area contributed by atoms with Crippen molar-refractivity contribution in [1.82, 2.24) is 0 Å². The predicted molar refractivity (Wildman–Crippen MR) is 326 cm³/mol. The Morgan fingerprint density at radius 2 is 0.617 bits per heavy atom. The Bertz CT molecular complexity index is 1690. The molecule has 18 heteroatoms. The molecule has 0 amide bonds. The second kappa shape index (κ2) is 57.9. The van der Waals surface area contributed by atoms with Crippen LogP contribution in [-0.2, 0) is 55.8 Å². The number of phosphoric ester groups is 2. The molecular weight excluding hydrogens is 1070 g/mol. The first-order valence-corrected chi connectivity index (χ1v) is 34.9. The van der Waals surface area contributed by atoms with Gasteiger partial charge in [0.25, 0.3) is 0 Å². The van der Waals surface area contributed by atoms with E-state index >= 15 is 0 Å². The van der Waals surface area contributed by atoms with E-state index in [2.05, 4.69) is 69.4 Å². The molecule has 0 aromatic carbocycles. The van der Waals surface area contributed by atoms with Crippen molar-refractivity contribution in [2.45, 2.75) is 296 Å². The number of aliphatic hydroxyl groups is 2. The number of hydrogen-bond acceptors (Lipinski definition) is 14. The number of unbranched alkanes of at least 4 members (excludes halogenated alkanes) is 30. The molecule has 0 rings (SSSR count). The lowest BCUT2D eigenvalue weighted by atomic mass is 10.1. The standard InChI is InChI=1S/C63H116O16P2/c1-4-7-10-13-16-19-22-25-28-31-34-37-40-43-46-49-61(66)73-52-58(64)53-75-80(69,70)76-54-59(65)55-77-81(71,72)78-57-60(79-63(68)51-48-45-42-39-36-33-30-27-24-21-18-15-12-9-6-3)56-74-62(67)50-47-44-41-38-35-32-29-26-23-20-17-14-11-8-5-2/h16,19,25-30,58-60,64-65H,4-15,17-18,20-24,31-57H2,1-3H3,(H,69,70)(H,71,72)/b19-16-,28-25-,29-26-,30-27-. The van der Waals surface area contributed by atoms with Crippen molar-refractivity contribution in [2.24, 2.45) is 0 Å². The maximum Gasteiger partial charge on any atom is 0.472 e. The molecule has 4 N–H and O–H groups in total. The van der Waals surface area contributed by atoms with E-state index in [0.717, 1.165) is 122 Å². The van der Waals surface area contributed by atoms with E-state index < -0.39 is 91.5 Å². The van der Waals surface area contributed by atoms with Crippen LogP contribution >= 0.6 is 15.6 Å². The molecule has 0 aromatic rings. The minimum Gasteiger partial charge on any atom is -0.463 e. The summed E-state index contributed by atoms with van der Waals surface area (Å²) in [5.41, 5.74) is 0. The minimum absolute atomic E-state index is 0.0963. The number of carbonyl (C=O) groups is 3. The van der Waals surface area contributed by atoms with Crippen molar-refractivity contribution >= 4 is 33.6 Å². The Morgan fingerprint density at radius 3 is 1.00 bits per heavy atom. The molecule has 0 bridgehead atoms. The van der Waals surface area contributed by atoms with Gasteiger partial charge in [0.05, 0.1) is 26.4 Å². The number of allylic oxidation sites excluding steroid dienone is 8. The van der Waals surface area contributed by atoms with E-state index in [1.807, 2.05) is 0 Å². The third-order valence-corrected chi connectivity index (χ3v) is 15.4. The number of hydrogen-bond donors (Lipinski definition) is 4. The first kappa shape index (κ1) is 78.5. The SMILES string of the molecule is CCCCC/C=C\C/C=C\CCCCCCCC(=O)OCC(O)COP(=O)(O)OCC(O)COP(=O)(O)OCC(COC(=O)CCCCCCC/C=C\CCCCCCCC)OC(=O)CCCCCCC/C=C\CCCCCCCC. The van der Waals surface area contributed by atoms with Gasteiger partial charge in [-0.1, -0.05) is 204 Å². The van der Waals surface area contributed by atoms with Crippen molar-refractivity contribution in [3.05, 3.63) is 48.6 Å². The van der Waals surface area contributed by atoms with E-state index in [9.17, 15) is 43.5 Å². The first-order chi connectivity index (χ1) is 39.2. The van der Waals surface area contributed by atoms with E-state index in [1.54, 1.807) is 0 Å². The maximum absolute atomic E-state index is 12.9. The summed E-state index contributed by atoms with van der Waals surface area (Å²) in [5.74, 6) is -1.60. The van der Waals surface area contributed by atoms with Crippen molar-refractivity contribution in [3.63, 3.8) is 0 Å². The lowest BCUT2D eigenvalue weighted by Crippen LogP contribution is -2.30. The molecule has 474 valence electrons. The molecule has 0 fully saturated rings. The summed E-state index contributed by atoms with van der Waals surface area (Å²) in [6, 6.07) is 0. The van der Waals surface area contributed by atoms with Crippen LogP contribution in [0.5, 0.6) is 0 Å². The number of rotatable bonds is 61. The molecular formula is C63H116O16P2. The monoisotopic (exact) mass is 1190 g/mol. The fourth-order valence-corrected chi connectivity index (χ4v) is 10.1. The molecule has 5 unspecified atom stereocenters. The molecule has 0 heterocycles. The largest absolute Gasteiger partial charge is 0.472 e. The Balaban J connectivity index is 4.72. The molecule has 0 aliphatic heterocycles. The lowest BCUT2D eigenvalue weighted by molar-refractivity contribution is -0.161. The van der Waals surface area contributed by atoms with E-state index in [4.69, 9.17) is 32.3 Å². The number of esters is 3. The number of phosphoric acid groups is 2. The van der Waals surface area contributed by atoms with Gasteiger partial charge in [-0.25, -0.2) is 9.13 Å². The van der Waals surface area contributed by atoms with E-state index in [1.165, 1.54) is 96.3 Å². The van der Waals surface area contributed by atoms with Gasteiger partial charge in [-0.3, -0.25) is 32.5 Å². The number of aliphatic hydroxyl groups excluding tert-OH is 2. The summed E-state index contributed by atoms with van der Waals surface area (Å²) in [4.78, 5) is 58.2. The topological polar surface area (TPSA) is 231 Å². The zero-order chi connectivity index (χ0) is 59.6. The molecule has 81 heavy (non-hydrogen) atoms. The molecule has 16 nitrogen and oxygen atoms in total. The fraction of sp³-hybridized carbons (Fsp3) is 0.825. The minimum atomic E-state index is -4.92. The summed E-state index contributed by atoms with van der Waals surface area (Å²) < 4.78 is 60.7. The summed E-state index contributed by atoms with van der Waals surface area (Å²) in [5, 5.41) is 20.5. The highest BCUT2D eigenvalue weighted by Gasteiger charge is 2.29. The van der Waals surface area contributed by atoms with Gasteiger partial charge in [-0.05, 0) is 103 Å². The highest BCUT2D eigenvalue weighted by atomic mass is 31.2. The van der Waals surface area contributed by atoms with Gasteiger partial charge >= 0.3 is 33.6 Å². The van der Waals surface area contributed by atoms with Crippen LogP contribution in [0.1, 0.15) is 278 Å². The molecule has 0 aliphatic rings.